The molecule has 0 aliphatic heterocycles. The summed E-state index contributed by atoms with van der Waals surface area (Å²) in [5.41, 5.74) is 23.4. The Balaban J connectivity index is 1.21. The van der Waals surface area contributed by atoms with Gasteiger partial charge in [-0.15, -0.1) is 0 Å². The normalized spacial score (nSPS) is 16.3. The van der Waals surface area contributed by atoms with E-state index in [-0.39, 0.29) is 27.1 Å². The summed E-state index contributed by atoms with van der Waals surface area (Å²) >= 11 is 0. The highest BCUT2D eigenvalue weighted by Gasteiger charge is 2.42. The van der Waals surface area contributed by atoms with Gasteiger partial charge in [0.2, 0.25) is 0 Å². The van der Waals surface area contributed by atoms with E-state index in [1.165, 1.54) is 94.3 Å². The van der Waals surface area contributed by atoms with Crippen LogP contribution in [0, 0.1) is 0 Å². The molecule has 304 valence electrons. The number of benzene rings is 7. The molecule has 7 aromatic carbocycles. The van der Waals surface area contributed by atoms with Gasteiger partial charge < -0.3 is 9.32 Å². The predicted molar refractivity (Wildman–Crippen MR) is 258 cm³/mol. The third kappa shape index (κ3) is 5.14. The van der Waals surface area contributed by atoms with Crippen LogP contribution in [-0.2, 0) is 27.1 Å². The molecule has 2 nitrogen and oxygen atoms in total. The smallest absolute Gasteiger partial charge is 0.143 e. The molecule has 0 bridgehead atoms. The Bertz CT molecular complexity index is 3080. The van der Waals surface area contributed by atoms with Crippen molar-refractivity contribution in [2.75, 3.05) is 4.90 Å². The molecule has 61 heavy (non-hydrogen) atoms. The first kappa shape index (κ1) is 38.1. The summed E-state index contributed by atoms with van der Waals surface area (Å²) < 4.78 is 7.35. The van der Waals surface area contributed by atoms with Gasteiger partial charge >= 0.3 is 0 Å². The summed E-state index contributed by atoms with van der Waals surface area (Å²) in [5.74, 6) is 0. The number of fused-ring (bicyclic) bond motifs is 13. The molecular formula is C59H57NO. The van der Waals surface area contributed by atoms with E-state index in [1.54, 1.807) is 0 Å². The minimum atomic E-state index is -0.244. The van der Waals surface area contributed by atoms with Crippen molar-refractivity contribution >= 4 is 39.0 Å². The molecule has 0 amide bonds. The molecular weight excluding hydrogens is 739 g/mol. The lowest BCUT2D eigenvalue weighted by molar-refractivity contribution is 0.559. The van der Waals surface area contributed by atoms with Gasteiger partial charge in [0.05, 0.1) is 5.69 Å². The van der Waals surface area contributed by atoms with E-state index in [2.05, 4.69) is 215 Å². The van der Waals surface area contributed by atoms with Crippen LogP contribution in [0.5, 0.6) is 0 Å². The van der Waals surface area contributed by atoms with Gasteiger partial charge in [-0.1, -0.05) is 174 Å². The molecule has 0 saturated heterocycles. The summed E-state index contributed by atoms with van der Waals surface area (Å²) in [6, 6.07) is 48.9. The zero-order chi connectivity index (χ0) is 42.8. The molecule has 1 heterocycles. The van der Waals surface area contributed by atoms with Crippen molar-refractivity contribution in [3.8, 4) is 33.4 Å². The number of nitrogens with zero attached hydrogens (tertiary/aromatic N) is 1. The lowest BCUT2D eigenvalue weighted by Gasteiger charge is -2.31. The molecule has 2 heteroatoms. The van der Waals surface area contributed by atoms with Crippen molar-refractivity contribution in [3.63, 3.8) is 0 Å². The number of hydrogen-bond acceptors (Lipinski definition) is 2. The molecule has 0 N–H and O–H groups in total. The fraction of sp³-hybridized carbons (Fsp3) is 0.288. The maximum atomic E-state index is 7.35. The second-order valence-electron chi connectivity index (χ2n) is 21.8. The number of hydrogen-bond donors (Lipinski definition) is 0. The van der Waals surface area contributed by atoms with Crippen LogP contribution < -0.4 is 4.90 Å². The summed E-state index contributed by atoms with van der Waals surface area (Å²) in [4.78, 5) is 2.56. The van der Waals surface area contributed by atoms with Crippen molar-refractivity contribution in [2.24, 2.45) is 0 Å². The van der Waals surface area contributed by atoms with Crippen molar-refractivity contribution in [1.82, 2.24) is 0 Å². The van der Waals surface area contributed by atoms with Crippen molar-refractivity contribution < 1.29 is 4.42 Å². The van der Waals surface area contributed by atoms with E-state index in [4.69, 9.17) is 4.42 Å². The zero-order valence-electron chi connectivity index (χ0n) is 38.0. The molecule has 0 atom stereocenters. The standard InChI is InChI=1S/C59H57NO/c1-55(2,3)34-30-42-41-28-29-46-52(54(41)61-53(42)49(31-34)56(4,5)6)51-45(59(46,11)12)22-17-23-50(51)60(35-24-26-39-37-18-13-15-20-43(37)57(7,8)47(39)32-35)36-25-27-40-38-19-14-16-21-44(38)58(9,10)48(40)33-36/h13-33H,1-12H3. The number of rotatable bonds is 3. The Kier molecular flexibility index (Phi) is 7.59. The van der Waals surface area contributed by atoms with Crippen LogP contribution in [0.1, 0.15) is 128 Å². The first-order valence-electron chi connectivity index (χ1n) is 22.3. The van der Waals surface area contributed by atoms with E-state index in [0.717, 1.165) is 22.5 Å². The van der Waals surface area contributed by atoms with Gasteiger partial charge in [-0.05, 0) is 108 Å². The van der Waals surface area contributed by atoms with Crippen LogP contribution in [0.25, 0.3) is 55.3 Å². The van der Waals surface area contributed by atoms with Gasteiger partial charge in [0.15, 0.2) is 0 Å². The van der Waals surface area contributed by atoms with Crippen LogP contribution in [0.15, 0.2) is 132 Å². The predicted octanol–water partition coefficient (Wildman–Crippen LogP) is 16.6. The first-order valence-corrected chi connectivity index (χ1v) is 22.3. The monoisotopic (exact) mass is 795 g/mol. The molecule has 8 aromatic rings. The van der Waals surface area contributed by atoms with E-state index in [1.807, 2.05) is 0 Å². The molecule has 3 aliphatic carbocycles. The largest absolute Gasteiger partial charge is 0.455 e. The van der Waals surface area contributed by atoms with Crippen molar-refractivity contribution in [1.29, 1.82) is 0 Å². The number of furan rings is 1. The highest BCUT2D eigenvalue weighted by Crippen LogP contribution is 2.59. The molecule has 1 aromatic heterocycles. The highest BCUT2D eigenvalue weighted by molar-refractivity contribution is 6.14. The van der Waals surface area contributed by atoms with Crippen molar-refractivity contribution in [3.05, 3.63) is 172 Å². The Morgan fingerprint density at radius 1 is 0.410 bits per heavy atom. The minimum Gasteiger partial charge on any atom is -0.455 e. The van der Waals surface area contributed by atoms with Gasteiger partial charge in [-0.3, -0.25) is 0 Å². The molecule has 0 fully saturated rings. The third-order valence-corrected chi connectivity index (χ3v) is 14.9. The molecule has 0 unspecified atom stereocenters. The lowest BCUT2D eigenvalue weighted by atomic mass is 9.79. The van der Waals surface area contributed by atoms with Crippen LogP contribution in [0.2, 0.25) is 0 Å². The first-order chi connectivity index (χ1) is 28.8. The summed E-state index contributed by atoms with van der Waals surface area (Å²) in [5, 5.41) is 2.39. The van der Waals surface area contributed by atoms with E-state index < -0.39 is 0 Å². The summed E-state index contributed by atoms with van der Waals surface area (Å²) in [6.45, 7) is 28.2. The minimum absolute atomic E-state index is 0.00559. The maximum Gasteiger partial charge on any atom is 0.143 e. The van der Waals surface area contributed by atoms with E-state index >= 15 is 0 Å². The molecule has 0 spiro atoms. The Hall–Kier alpha value is -5.86. The van der Waals surface area contributed by atoms with Gasteiger partial charge in [0.1, 0.15) is 11.2 Å². The van der Waals surface area contributed by atoms with Gasteiger partial charge in [0, 0.05) is 55.1 Å². The lowest BCUT2D eigenvalue weighted by Crippen LogP contribution is -2.18. The van der Waals surface area contributed by atoms with Crippen molar-refractivity contribution in [2.45, 2.75) is 110 Å². The summed E-state index contributed by atoms with van der Waals surface area (Å²) in [7, 11) is 0. The van der Waals surface area contributed by atoms with Gasteiger partial charge in [-0.2, -0.15) is 0 Å². The fourth-order valence-electron chi connectivity index (χ4n) is 11.4. The second kappa shape index (κ2) is 12.2. The Morgan fingerprint density at radius 3 is 1.48 bits per heavy atom. The topological polar surface area (TPSA) is 16.4 Å². The summed E-state index contributed by atoms with van der Waals surface area (Å²) in [6.07, 6.45) is 0. The van der Waals surface area contributed by atoms with Crippen LogP contribution in [-0.4, -0.2) is 0 Å². The van der Waals surface area contributed by atoms with E-state index in [0.29, 0.717) is 0 Å². The maximum absolute atomic E-state index is 7.35. The average Bonchev–Trinajstić information content (AvgIpc) is 3.86. The molecule has 3 aliphatic rings. The van der Waals surface area contributed by atoms with Crippen LogP contribution in [0.3, 0.4) is 0 Å². The molecule has 0 radical (unpaired) electrons. The second-order valence-corrected chi connectivity index (χ2v) is 21.8. The van der Waals surface area contributed by atoms with Crippen LogP contribution in [0.4, 0.5) is 17.1 Å². The fourth-order valence-corrected chi connectivity index (χ4v) is 11.4. The SMILES string of the molecule is CC(C)(C)c1cc(C(C)(C)C)c2oc3c4c(ccc3c2c1)C(C)(C)c1cccc(N(c2ccc3c(c2)C(C)(C)c2ccccc2-3)c2ccc3c(c2)C(C)(C)c2ccccc2-3)c1-4. The Labute approximate surface area is 362 Å². The zero-order valence-corrected chi connectivity index (χ0v) is 38.0. The van der Waals surface area contributed by atoms with Crippen LogP contribution >= 0.6 is 0 Å². The van der Waals surface area contributed by atoms with Gasteiger partial charge in [0.25, 0.3) is 0 Å². The quantitative estimate of drug-likeness (QED) is 0.177. The average molecular weight is 796 g/mol. The van der Waals surface area contributed by atoms with E-state index in [9.17, 15) is 0 Å². The Morgan fingerprint density at radius 2 is 0.918 bits per heavy atom. The van der Waals surface area contributed by atoms with Gasteiger partial charge in [-0.25, -0.2) is 0 Å². The molecule has 11 rings (SSSR count). The highest BCUT2D eigenvalue weighted by atomic mass is 16.3. The third-order valence-electron chi connectivity index (χ3n) is 14.9. The molecule has 0 saturated carbocycles. The number of anilines is 3.